The number of halogens is 1. The van der Waals surface area contributed by atoms with Crippen molar-refractivity contribution in [3.05, 3.63) is 17.2 Å². The Kier molecular flexibility index (Phi) is 5.94. The molecule has 1 aromatic rings. The molecular formula is C16H25ClN4O3. The number of rotatable bonds is 4. The third kappa shape index (κ3) is 6.54. The Hall–Kier alpha value is -2.15. The summed E-state index contributed by atoms with van der Waals surface area (Å²) >= 11 is 5.89. The van der Waals surface area contributed by atoms with Crippen LogP contribution in [0.25, 0.3) is 0 Å². The normalized spacial score (nSPS) is 11.8. The molecule has 0 saturated carbocycles. The summed E-state index contributed by atoms with van der Waals surface area (Å²) in [5, 5.41) is 17.5. The third-order valence-electron chi connectivity index (χ3n) is 3.00. The van der Waals surface area contributed by atoms with Crippen LogP contribution in [0.3, 0.4) is 0 Å². The van der Waals surface area contributed by atoms with Gasteiger partial charge in [-0.3, -0.25) is 0 Å². The van der Waals surface area contributed by atoms with Crippen molar-refractivity contribution in [2.75, 3.05) is 10.6 Å². The van der Waals surface area contributed by atoms with Crippen molar-refractivity contribution in [2.45, 2.75) is 46.6 Å². The number of anilines is 2. The average Bonchev–Trinajstić information content (AvgIpc) is 2.30. The lowest BCUT2D eigenvalue weighted by molar-refractivity contribution is 0.220. The van der Waals surface area contributed by atoms with Crippen molar-refractivity contribution in [1.82, 2.24) is 5.32 Å². The Bertz CT molecular complexity index is 639. The largest absolute Gasteiger partial charge is 0.504 e. The smallest absolute Gasteiger partial charge is 0.319 e. The van der Waals surface area contributed by atoms with Gasteiger partial charge in [0, 0.05) is 11.2 Å². The molecule has 0 atom stereocenters. The van der Waals surface area contributed by atoms with E-state index in [1.807, 2.05) is 13.8 Å². The van der Waals surface area contributed by atoms with Crippen LogP contribution in [0.4, 0.5) is 21.0 Å². The SMILES string of the molecule is CC(C)(C)CC(C)(C)NC(=O)Nc1cc(Cl)c(O)c(NC(N)=O)c1. The standard InChI is InChI=1S/C16H25ClN4O3/c1-15(2,3)8-16(4,5)21-14(24)19-9-6-10(17)12(22)11(7-9)20-13(18)23/h6-7,22H,8H2,1-5H3,(H3,18,20,23)(H2,19,21,24). The van der Waals surface area contributed by atoms with E-state index in [9.17, 15) is 14.7 Å². The molecule has 0 aliphatic rings. The Morgan fingerprint density at radius 1 is 1.17 bits per heavy atom. The highest BCUT2D eigenvalue weighted by Crippen LogP contribution is 2.35. The maximum absolute atomic E-state index is 12.2. The zero-order chi connectivity index (χ0) is 18.7. The maximum atomic E-state index is 12.2. The van der Waals surface area contributed by atoms with E-state index < -0.39 is 17.6 Å². The number of phenols is 1. The molecule has 0 aliphatic carbocycles. The minimum absolute atomic E-state index is 0.0132. The average molecular weight is 357 g/mol. The highest BCUT2D eigenvalue weighted by Gasteiger charge is 2.27. The second-order valence-electron chi connectivity index (χ2n) is 7.54. The predicted molar refractivity (Wildman–Crippen MR) is 96.6 cm³/mol. The molecule has 0 spiro atoms. The van der Waals surface area contributed by atoms with E-state index in [0.717, 1.165) is 6.42 Å². The quantitative estimate of drug-likeness (QED) is 0.416. The summed E-state index contributed by atoms with van der Waals surface area (Å²) < 4.78 is 0. The highest BCUT2D eigenvalue weighted by molar-refractivity contribution is 6.33. The van der Waals surface area contributed by atoms with Crippen molar-refractivity contribution in [3.8, 4) is 5.75 Å². The molecule has 24 heavy (non-hydrogen) atoms. The first-order valence-corrected chi connectivity index (χ1v) is 7.85. The summed E-state index contributed by atoms with van der Waals surface area (Å²) in [6.45, 7) is 10.1. The first-order valence-electron chi connectivity index (χ1n) is 7.47. The monoisotopic (exact) mass is 356 g/mol. The van der Waals surface area contributed by atoms with E-state index in [1.165, 1.54) is 12.1 Å². The van der Waals surface area contributed by atoms with Gasteiger partial charge >= 0.3 is 12.1 Å². The van der Waals surface area contributed by atoms with Crippen molar-refractivity contribution in [3.63, 3.8) is 0 Å². The molecule has 1 aromatic carbocycles. The maximum Gasteiger partial charge on any atom is 0.319 e. The van der Waals surface area contributed by atoms with Gasteiger partial charge in [0.2, 0.25) is 0 Å². The Morgan fingerprint density at radius 3 is 2.25 bits per heavy atom. The number of hydrogen-bond acceptors (Lipinski definition) is 3. The number of carbonyl (C=O) groups excluding carboxylic acids is 2. The number of phenolic OH excluding ortho intramolecular Hbond substituents is 1. The summed E-state index contributed by atoms with van der Waals surface area (Å²) in [4.78, 5) is 23.1. The third-order valence-corrected chi connectivity index (χ3v) is 3.29. The molecule has 4 amide bonds. The van der Waals surface area contributed by atoms with E-state index in [2.05, 4.69) is 36.7 Å². The van der Waals surface area contributed by atoms with E-state index >= 15 is 0 Å². The van der Waals surface area contributed by atoms with Crippen LogP contribution in [-0.4, -0.2) is 22.7 Å². The first kappa shape index (κ1) is 19.9. The zero-order valence-corrected chi connectivity index (χ0v) is 15.3. The number of benzene rings is 1. The number of carbonyl (C=O) groups is 2. The molecule has 7 nitrogen and oxygen atoms in total. The number of primary amides is 1. The molecule has 0 radical (unpaired) electrons. The molecule has 0 bridgehead atoms. The second-order valence-corrected chi connectivity index (χ2v) is 7.95. The summed E-state index contributed by atoms with van der Waals surface area (Å²) in [5.41, 5.74) is 4.99. The van der Waals surface area contributed by atoms with Crippen LogP contribution in [-0.2, 0) is 0 Å². The van der Waals surface area contributed by atoms with Gasteiger partial charge in [0.1, 0.15) is 0 Å². The van der Waals surface area contributed by atoms with Crippen molar-refractivity contribution < 1.29 is 14.7 Å². The number of nitrogens with one attached hydrogen (secondary N) is 3. The van der Waals surface area contributed by atoms with Gasteiger partial charge < -0.3 is 26.8 Å². The van der Waals surface area contributed by atoms with Gasteiger partial charge in [0.05, 0.1) is 10.7 Å². The summed E-state index contributed by atoms with van der Waals surface area (Å²) in [5.74, 6) is -0.325. The Labute approximate surface area is 146 Å². The number of aromatic hydroxyl groups is 1. The van der Waals surface area contributed by atoms with E-state index in [1.54, 1.807) is 0 Å². The molecule has 134 valence electrons. The van der Waals surface area contributed by atoms with Gasteiger partial charge in [0.15, 0.2) is 5.75 Å². The summed E-state index contributed by atoms with van der Waals surface area (Å²) in [7, 11) is 0. The molecule has 0 unspecified atom stereocenters. The van der Waals surface area contributed by atoms with E-state index in [4.69, 9.17) is 17.3 Å². The topological polar surface area (TPSA) is 116 Å². The minimum Gasteiger partial charge on any atom is -0.504 e. The van der Waals surface area contributed by atoms with Crippen LogP contribution in [0.15, 0.2) is 12.1 Å². The van der Waals surface area contributed by atoms with E-state index in [0.29, 0.717) is 5.69 Å². The van der Waals surface area contributed by atoms with Gasteiger partial charge in [-0.2, -0.15) is 0 Å². The summed E-state index contributed by atoms with van der Waals surface area (Å²) in [6, 6.07) is 1.46. The first-order chi connectivity index (χ1) is 10.8. The molecule has 0 aliphatic heterocycles. The lowest BCUT2D eigenvalue weighted by atomic mass is 9.82. The zero-order valence-electron chi connectivity index (χ0n) is 14.6. The van der Waals surface area contributed by atoms with Crippen LogP contribution in [0.2, 0.25) is 5.02 Å². The molecule has 6 N–H and O–H groups in total. The van der Waals surface area contributed by atoms with Crippen LogP contribution in [0.5, 0.6) is 5.75 Å². The molecule has 0 saturated heterocycles. The Morgan fingerprint density at radius 2 is 1.75 bits per heavy atom. The van der Waals surface area contributed by atoms with Gasteiger partial charge in [-0.1, -0.05) is 32.4 Å². The van der Waals surface area contributed by atoms with Crippen LogP contribution in [0.1, 0.15) is 41.0 Å². The number of amides is 4. The fourth-order valence-corrected chi connectivity index (χ4v) is 2.96. The molecule has 0 heterocycles. The predicted octanol–water partition coefficient (Wildman–Crippen LogP) is 3.87. The van der Waals surface area contributed by atoms with Crippen LogP contribution >= 0.6 is 11.6 Å². The Balaban J connectivity index is 2.87. The molecule has 0 aromatic heterocycles. The van der Waals surface area contributed by atoms with Gasteiger partial charge in [-0.25, -0.2) is 9.59 Å². The summed E-state index contributed by atoms with van der Waals surface area (Å²) in [6.07, 6.45) is 0.776. The molecule has 8 heteroatoms. The molecule has 0 fully saturated rings. The van der Waals surface area contributed by atoms with Crippen molar-refractivity contribution in [2.24, 2.45) is 11.1 Å². The molecule has 1 rings (SSSR count). The van der Waals surface area contributed by atoms with E-state index in [-0.39, 0.29) is 21.9 Å². The highest BCUT2D eigenvalue weighted by atomic mass is 35.5. The lowest BCUT2D eigenvalue weighted by Crippen LogP contribution is -2.47. The number of hydrogen-bond donors (Lipinski definition) is 5. The van der Waals surface area contributed by atoms with Crippen molar-refractivity contribution in [1.29, 1.82) is 0 Å². The van der Waals surface area contributed by atoms with Gasteiger partial charge in [-0.05, 0) is 37.8 Å². The fourth-order valence-electron chi connectivity index (χ4n) is 2.74. The van der Waals surface area contributed by atoms with Gasteiger partial charge in [-0.15, -0.1) is 0 Å². The molecular weight excluding hydrogens is 332 g/mol. The fraction of sp³-hybridized carbons (Fsp3) is 0.500. The van der Waals surface area contributed by atoms with Gasteiger partial charge in [0.25, 0.3) is 0 Å². The number of urea groups is 2. The van der Waals surface area contributed by atoms with Crippen molar-refractivity contribution >= 4 is 35.0 Å². The van der Waals surface area contributed by atoms with Crippen LogP contribution in [0, 0.1) is 5.41 Å². The van der Waals surface area contributed by atoms with Crippen LogP contribution < -0.4 is 21.7 Å². The second kappa shape index (κ2) is 7.17. The minimum atomic E-state index is -0.853. The lowest BCUT2D eigenvalue weighted by Gasteiger charge is -2.33. The number of nitrogens with two attached hydrogens (primary N) is 1.